The van der Waals surface area contributed by atoms with E-state index in [2.05, 4.69) is 15.0 Å². The van der Waals surface area contributed by atoms with E-state index in [9.17, 15) is 9.65 Å². The van der Waals surface area contributed by atoms with Crippen molar-refractivity contribution < 1.29 is 33.9 Å². The number of anilines is 2. The molecule has 244 valence electrons. The minimum Gasteiger partial charge on any atom is -0.495 e. The number of methoxy groups -OCH3 is 1. The van der Waals surface area contributed by atoms with E-state index in [0.717, 1.165) is 12.5 Å². The van der Waals surface area contributed by atoms with Crippen LogP contribution in [0.3, 0.4) is 0 Å². The number of nitrogen functional groups attached to an aromatic ring is 1. The zero-order valence-corrected chi connectivity index (χ0v) is 25.1. The topological polar surface area (TPSA) is 113 Å². The molecule has 0 bridgehead atoms. The smallest absolute Gasteiger partial charge is 0.319 e. The molecule has 2 aromatic heterocycles. The molecule has 3 saturated heterocycles. The Hall–Kier alpha value is -4.44. The lowest BCUT2D eigenvalue weighted by molar-refractivity contribution is 0.107. The van der Waals surface area contributed by atoms with Gasteiger partial charge in [-0.1, -0.05) is 6.42 Å². The first-order chi connectivity index (χ1) is 24.6. The summed E-state index contributed by atoms with van der Waals surface area (Å²) in [4.78, 5) is 16.7. The van der Waals surface area contributed by atoms with Crippen molar-refractivity contribution in [2.45, 2.75) is 62.4 Å². The average Bonchev–Trinajstić information content (AvgIpc) is 3.41. The summed E-state index contributed by atoms with van der Waals surface area (Å²) in [7, 11) is -3.13. The molecule has 4 fully saturated rings. The van der Waals surface area contributed by atoms with Crippen molar-refractivity contribution in [3.05, 3.63) is 41.6 Å². The summed E-state index contributed by atoms with van der Waals surface area (Å²) >= 11 is 0. The van der Waals surface area contributed by atoms with Gasteiger partial charge in [-0.3, -0.25) is 9.88 Å². The number of nitriles is 1. The van der Waals surface area contributed by atoms with Gasteiger partial charge in [0.05, 0.1) is 30.9 Å². The van der Waals surface area contributed by atoms with Gasteiger partial charge in [-0.15, -0.1) is 0 Å². The second-order valence-corrected chi connectivity index (χ2v) is 12.8. The molecule has 3 aliphatic heterocycles. The van der Waals surface area contributed by atoms with Gasteiger partial charge in [0.1, 0.15) is 59.1 Å². The van der Waals surface area contributed by atoms with Gasteiger partial charge >= 0.3 is 6.01 Å². The molecule has 2 N–H and O–H groups in total. The van der Waals surface area contributed by atoms with E-state index in [0.29, 0.717) is 38.8 Å². The number of aromatic nitrogens is 3. The minimum absolute atomic E-state index is 0.00549. The second-order valence-electron chi connectivity index (χ2n) is 12.8. The quantitative estimate of drug-likeness (QED) is 0.202. The summed E-state index contributed by atoms with van der Waals surface area (Å²) in [6, 6.07) is 4.02. The van der Waals surface area contributed by atoms with Crippen LogP contribution >= 0.6 is 0 Å². The lowest BCUT2D eigenvalue weighted by Crippen LogP contribution is -2.43. The van der Waals surface area contributed by atoms with E-state index < -0.39 is 72.2 Å². The van der Waals surface area contributed by atoms with Crippen molar-refractivity contribution in [2.75, 3.05) is 43.9 Å². The number of benzene rings is 2. The summed E-state index contributed by atoms with van der Waals surface area (Å²) in [6.07, 6.45) is 1.76. The molecule has 1 aliphatic carbocycles. The maximum atomic E-state index is 17.2. The van der Waals surface area contributed by atoms with Crippen LogP contribution in [0, 0.1) is 28.9 Å². The van der Waals surface area contributed by atoms with E-state index in [4.69, 9.17) is 22.1 Å². The van der Waals surface area contributed by atoms with Crippen molar-refractivity contribution in [3.8, 4) is 29.1 Å². The number of hydrogen-bond acceptors (Lipinski definition) is 9. The molecule has 4 aromatic rings. The molecule has 5 heterocycles. The fourth-order valence-electron chi connectivity index (χ4n) is 7.87. The zero-order valence-electron chi connectivity index (χ0n) is 30.1. The molecule has 0 radical (unpaired) electrons. The summed E-state index contributed by atoms with van der Waals surface area (Å²) in [5, 5.41) is 9.67. The van der Waals surface area contributed by atoms with Crippen LogP contribution in [-0.4, -0.2) is 77.0 Å². The van der Waals surface area contributed by atoms with Crippen LogP contribution in [0.5, 0.6) is 11.8 Å². The normalized spacial score (nSPS) is 29.2. The maximum absolute atomic E-state index is 17.2. The first-order valence-electron chi connectivity index (χ1n) is 18.1. The van der Waals surface area contributed by atoms with E-state index in [1.165, 1.54) is 18.3 Å². The SMILES string of the molecule is [2H]C([2H])([2H])Oc1c(C#N)c(F)cc2cc(N)cc(-c3ncc4c(N5CCCC[C@H]6[C@H](F)[C@H]65)nc(OC([2H])([2H])[C@@]56CCCN5C[C@H](F)C6)nc4c3F)c12. The van der Waals surface area contributed by atoms with Crippen LogP contribution in [0.2, 0.25) is 0 Å². The highest BCUT2D eigenvalue weighted by molar-refractivity contribution is 6.05. The van der Waals surface area contributed by atoms with E-state index >= 15 is 13.2 Å². The summed E-state index contributed by atoms with van der Waals surface area (Å²) < 4.78 is 114. The van der Waals surface area contributed by atoms with Crippen molar-refractivity contribution in [1.29, 1.82) is 5.26 Å². The monoisotopic (exact) mass is 652 g/mol. The summed E-state index contributed by atoms with van der Waals surface area (Å²) in [5.74, 6) is -3.04. The number of rotatable bonds is 6. The molecule has 0 amide bonds. The fraction of sp³-hybridized carbons (Fsp3) is 0.471. The Kier molecular flexibility index (Phi) is 5.82. The second kappa shape index (κ2) is 11.1. The van der Waals surface area contributed by atoms with Gasteiger partial charge < -0.3 is 20.1 Å². The molecule has 0 unspecified atom stereocenters. The molecule has 8 rings (SSSR count). The van der Waals surface area contributed by atoms with Gasteiger partial charge in [0, 0.05) is 48.3 Å². The van der Waals surface area contributed by atoms with Crippen LogP contribution < -0.4 is 20.1 Å². The van der Waals surface area contributed by atoms with Crippen molar-refractivity contribution in [3.63, 3.8) is 0 Å². The van der Waals surface area contributed by atoms with Crippen molar-refractivity contribution in [2.24, 2.45) is 5.92 Å². The molecule has 2 aromatic carbocycles. The van der Waals surface area contributed by atoms with Crippen LogP contribution in [0.1, 0.15) is 50.9 Å². The van der Waals surface area contributed by atoms with E-state index in [1.807, 2.05) is 0 Å². The first kappa shape index (κ1) is 24.7. The van der Waals surface area contributed by atoms with Crippen LogP contribution in [0.25, 0.3) is 32.9 Å². The fourth-order valence-corrected chi connectivity index (χ4v) is 7.87. The minimum atomic E-state index is -3.13. The predicted octanol–water partition coefficient (Wildman–Crippen LogP) is 5.87. The first-order valence-corrected chi connectivity index (χ1v) is 15.6. The highest BCUT2D eigenvalue weighted by Crippen LogP contribution is 2.48. The molecule has 1 saturated carbocycles. The van der Waals surface area contributed by atoms with Crippen molar-refractivity contribution in [1.82, 2.24) is 19.9 Å². The molecule has 47 heavy (non-hydrogen) atoms. The van der Waals surface area contributed by atoms with Crippen molar-refractivity contribution >= 4 is 33.2 Å². The van der Waals surface area contributed by atoms with Crippen LogP contribution in [0.4, 0.5) is 29.1 Å². The van der Waals surface area contributed by atoms with Gasteiger partial charge in [0.25, 0.3) is 0 Å². The molecule has 13 heteroatoms. The molecule has 0 spiro atoms. The number of pyridine rings is 1. The third-order valence-corrected chi connectivity index (χ3v) is 10.1. The van der Waals surface area contributed by atoms with E-state index in [-0.39, 0.29) is 57.6 Å². The maximum Gasteiger partial charge on any atom is 0.319 e. The number of halogens is 4. The van der Waals surface area contributed by atoms with E-state index in [1.54, 1.807) is 15.9 Å². The summed E-state index contributed by atoms with van der Waals surface area (Å²) in [5.41, 5.74) is 3.16. The zero-order chi connectivity index (χ0) is 36.9. The lowest BCUT2D eigenvalue weighted by Gasteiger charge is -2.31. The Morgan fingerprint density at radius 3 is 2.89 bits per heavy atom. The Bertz CT molecular complexity index is 2170. The Balaban J connectivity index is 1.34. The van der Waals surface area contributed by atoms with Gasteiger partial charge in [0.15, 0.2) is 5.82 Å². The van der Waals surface area contributed by atoms with Gasteiger partial charge in [-0.2, -0.15) is 15.2 Å². The summed E-state index contributed by atoms with van der Waals surface area (Å²) in [6.45, 7) is -1.63. The number of nitrogens with zero attached hydrogens (tertiary/aromatic N) is 6. The largest absolute Gasteiger partial charge is 0.495 e. The van der Waals surface area contributed by atoms with Crippen LogP contribution in [0.15, 0.2) is 24.4 Å². The highest BCUT2D eigenvalue weighted by atomic mass is 19.1. The number of alkyl halides is 2. The Labute approximate surface area is 275 Å². The number of ether oxygens (including phenoxy) is 2. The molecule has 5 atom stereocenters. The molecular weight excluding hydrogens is 614 g/mol. The van der Waals surface area contributed by atoms with Gasteiger partial charge in [0.2, 0.25) is 0 Å². The van der Waals surface area contributed by atoms with Gasteiger partial charge in [-0.25, -0.2) is 17.6 Å². The molecular formula is C34H33F4N7O2. The number of nitrogens with two attached hydrogens (primary N) is 1. The molecule has 9 nitrogen and oxygen atoms in total. The Morgan fingerprint density at radius 1 is 1.19 bits per heavy atom. The predicted molar refractivity (Wildman–Crippen MR) is 168 cm³/mol. The highest BCUT2D eigenvalue weighted by Gasteiger charge is 2.56. The molecule has 4 aliphatic rings. The van der Waals surface area contributed by atoms with Gasteiger partial charge in [-0.05, 0) is 55.8 Å². The lowest BCUT2D eigenvalue weighted by atomic mass is 9.95. The van der Waals surface area contributed by atoms with Crippen LogP contribution in [-0.2, 0) is 0 Å². The number of hydrogen-bond donors (Lipinski definition) is 1. The third-order valence-electron chi connectivity index (χ3n) is 10.1. The third kappa shape index (κ3) is 4.71. The standard InChI is InChI=1S/C34H33F4N7O2/c1-46-31-22(13-39)24(36)10-17-9-19(40)11-21(25(17)31)28-27(38)29-23(14-41-28)32(45-8-3-2-5-20-26(37)30(20)45)43-33(42-29)47-16-34-6-4-7-44(34)15-18(35)12-34/h9-11,14,18,20,26,30H,2-8,12,15-16,40H2,1H3/t18-,20+,26+,30+,34+/m1/s1/i1D3,16D2. The number of fused-ring (bicyclic) bond motifs is 4. The average molecular weight is 653 g/mol. The Morgan fingerprint density at radius 2 is 2.06 bits per heavy atom.